The first-order valence-electron chi connectivity index (χ1n) is 11.4. The molecule has 5 nitrogen and oxygen atoms in total. The van der Waals surface area contributed by atoms with E-state index >= 15 is 0 Å². The summed E-state index contributed by atoms with van der Waals surface area (Å²) in [7, 11) is -3.89. The van der Waals surface area contributed by atoms with E-state index in [2.05, 4.69) is 5.32 Å². The summed E-state index contributed by atoms with van der Waals surface area (Å²) in [5.41, 5.74) is 2.24. The molecule has 1 N–H and O–H groups in total. The number of phosphoric ester groups is 1. The summed E-state index contributed by atoms with van der Waals surface area (Å²) in [5, 5.41) is 3.30. The van der Waals surface area contributed by atoms with Crippen molar-refractivity contribution >= 4 is 19.2 Å². The maximum absolute atomic E-state index is 13.1. The van der Waals surface area contributed by atoms with E-state index in [0.29, 0.717) is 17.2 Å². The molecule has 0 amide bonds. The van der Waals surface area contributed by atoms with Gasteiger partial charge in [-0.15, -0.1) is 0 Å². The van der Waals surface area contributed by atoms with Crippen molar-refractivity contribution in [2.75, 3.05) is 5.32 Å². The number of benzene rings is 5. The third kappa shape index (κ3) is 8.08. The maximum Gasteiger partial charge on any atom is 0.647 e. The van der Waals surface area contributed by atoms with Crippen LogP contribution in [0.5, 0.6) is 17.2 Å². The van der Waals surface area contributed by atoms with E-state index in [4.69, 9.17) is 13.6 Å². The van der Waals surface area contributed by atoms with Crippen LogP contribution in [0.3, 0.4) is 0 Å². The van der Waals surface area contributed by atoms with Crippen LogP contribution in [0.15, 0.2) is 152 Å². The molecule has 0 atom stereocenters. The Balaban J connectivity index is 0.000000197. The SMILES string of the molecule is O=P(Oc1ccccc1)(Oc1ccccc1)Oc1ccccc1.c1ccc(Nc2ccccc2)cc1. The van der Waals surface area contributed by atoms with E-state index in [1.165, 1.54) is 0 Å². The summed E-state index contributed by atoms with van der Waals surface area (Å²) in [4.78, 5) is 0. The molecule has 5 rings (SSSR count). The highest BCUT2D eigenvalue weighted by Crippen LogP contribution is 2.49. The fourth-order valence-electron chi connectivity index (χ4n) is 3.10. The highest BCUT2D eigenvalue weighted by atomic mass is 31.2. The summed E-state index contributed by atoms with van der Waals surface area (Å²) < 4.78 is 29.6. The van der Waals surface area contributed by atoms with Crippen molar-refractivity contribution in [3.05, 3.63) is 152 Å². The van der Waals surface area contributed by atoms with Crippen LogP contribution < -0.4 is 18.9 Å². The molecular formula is C30H26NO4P. The highest BCUT2D eigenvalue weighted by Gasteiger charge is 2.33. The Morgan fingerprint density at radius 3 is 0.917 bits per heavy atom. The molecule has 0 heterocycles. The van der Waals surface area contributed by atoms with Gasteiger partial charge in [-0.05, 0) is 60.7 Å². The molecule has 0 spiro atoms. The van der Waals surface area contributed by atoms with Gasteiger partial charge in [0.05, 0.1) is 0 Å². The molecule has 0 saturated carbocycles. The number of para-hydroxylation sites is 5. The molecule has 6 heteroatoms. The Morgan fingerprint density at radius 2 is 0.639 bits per heavy atom. The van der Waals surface area contributed by atoms with Crippen molar-refractivity contribution in [1.82, 2.24) is 0 Å². The van der Waals surface area contributed by atoms with Crippen molar-refractivity contribution in [2.45, 2.75) is 0 Å². The monoisotopic (exact) mass is 495 g/mol. The number of hydrogen-bond donors (Lipinski definition) is 1. The first kappa shape index (κ1) is 24.6. The van der Waals surface area contributed by atoms with E-state index in [9.17, 15) is 4.57 Å². The van der Waals surface area contributed by atoms with Gasteiger partial charge in [0.25, 0.3) is 0 Å². The lowest BCUT2D eigenvalue weighted by Crippen LogP contribution is -2.07. The summed E-state index contributed by atoms with van der Waals surface area (Å²) in [5.74, 6) is 1.22. The molecular weight excluding hydrogens is 469 g/mol. The van der Waals surface area contributed by atoms with E-state index in [-0.39, 0.29) is 0 Å². The summed E-state index contributed by atoms with van der Waals surface area (Å²) in [6.45, 7) is 0. The first-order valence-corrected chi connectivity index (χ1v) is 12.9. The van der Waals surface area contributed by atoms with Gasteiger partial charge >= 0.3 is 7.82 Å². The minimum atomic E-state index is -3.89. The van der Waals surface area contributed by atoms with Gasteiger partial charge in [-0.2, -0.15) is 4.57 Å². The van der Waals surface area contributed by atoms with Gasteiger partial charge in [-0.1, -0.05) is 91.0 Å². The third-order valence-electron chi connectivity index (χ3n) is 4.72. The van der Waals surface area contributed by atoms with Crippen LogP contribution in [0, 0.1) is 0 Å². The Kier molecular flexibility index (Phi) is 8.79. The van der Waals surface area contributed by atoms with Crippen molar-refractivity contribution in [3.63, 3.8) is 0 Å². The van der Waals surface area contributed by atoms with Crippen LogP contribution in [-0.2, 0) is 4.57 Å². The Morgan fingerprint density at radius 1 is 0.389 bits per heavy atom. The van der Waals surface area contributed by atoms with Gasteiger partial charge in [0.1, 0.15) is 17.2 Å². The highest BCUT2D eigenvalue weighted by molar-refractivity contribution is 7.49. The maximum atomic E-state index is 13.1. The van der Waals surface area contributed by atoms with Gasteiger partial charge in [-0.25, -0.2) is 0 Å². The molecule has 0 aromatic heterocycles. The second-order valence-electron chi connectivity index (χ2n) is 7.52. The molecule has 0 aliphatic rings. The summed E-state index contributed by atoms with van der Waals surface area (Å²) in [6.07, 6.45) is 0. The third-order valence-corrected chi connectivity index (χ3v) is 6.02. The van der Waals surface area contributed by atoms with Gasteiger partial charge in [0.15, 0.2) is 0 Å². The Hall–Kier alpha value is -4.47. The zero-order chi connectivity index (χ0) is 24.9. The van der Waals surface area contributed by atoms with Crippen molar-refractivity contribution in [1.29, 1.82) is 0 Å². The topological polar surface area (TPSA) is 56.8 Å². The molecule has 5 aromatic rings. The standard InChI is InChI=1S/C18H15O4P.C12H11N/c19-23(20-16-10-4-1-5-11-16,21-17-12-6-2-7-13-17)22-18-14-8-3-9-15-18;1-3-7-11(8-4-1)13-12-9-5-2-6-10-12/h1-15H;1-10,13H. The van der Waals surface area contributed by atoms with Crippen LogP contribution in [0.1, 0.15) is 0 Å². The number of hydrogen-bond acceptors (Lipinski definition) is 5. The average molecular weight is 496 g/mol. The van der Waals surface area contributed by atoms with Gasteiger partial charge in [-0.3, -0.25) is 0 Å². The average Bonchev–Trinajstić information content (AvgIpc) is 2.92. The smallest absolute Gasteiger partial charge is 0.386 e. The fraction of sp³-hybridized carbons (Fsp3) is 0. The van der Waals surface area contributed by atoms with Crippen LogP contribution in [-0.4, -0.2) is 0 Å². The second-order valence-corrected chi connectivity index (χ2v) is 8.96. The van der Waals surface area contributed by atoms with Crippen molar-refractivity contribution < 1.29 is 18.1 Å². The zero-order valence-corrected chi connectivity index (χ0v) is 20.4. The molecule has 0 fully saturated rings. The number of phosphoric acid groups is 1. The molecule has 0 aliphatic carbocycles. The molecule has 0 aliphatic heterocycles. The van der Waals surface area contributed by atoms with Crippen LogP contribution in [0.2, 0.25) is 0 Å². The molecule has 5 aromatic carbocycles. The lowest BCUT2D eigenvalue weighted by Gasteiger charge is -2.19. The molecule has 0 bridgehead atoms. The molecule has 0 radical (unpaired) electrons. The minimum absolute atomic E-state index is 0.405. The van der Waals surface area contributed by atoms with Crippen molar-refractivity contribution in [3.8, 4) is 17.2 Å². The molecule has 36 heavy (non-hydrogen) atoms. The quantitative estimate of drug-likeness (QED) is 0.218. The molecule has 0 unspecified atom stereocenters. The van der Waals surface area contributed by atoms with E-state index in [1.807, 2.05) is 78.9 Å². The molecule has 0 saturated heterocycles. The van der Waals surface area contributed by atoms with E-state index in [0.717, 1.165) is 11.4 Å². The zero-order valence-electron chi connectivity index (χ0n) is 19.5. The first-order chi connectivity index (χ1) is 17.7. The van der Waals surface area contributed by atoms with E-state index < -0.39 is 7.82 Å². The largest absolute Gasteiger partial charge is 0.647 e. The van der Waals surface area contributed by atoms with E-state index in [1.54, 1.807) is 72.8 Å². The summed E-state index contributed by atoms with van der Waals surface area (Å²) in [6, 6.07) is 46.6. The Labute approximate surface area is 211 Å². The van der Waals surface area contributed by atoms with Crippen LogP contribution >= 0.6 is 7.82 Å². The normalized spacial score (nSPS) is 10.3. The van der Waals surface area contributed by atoms with Crippen LogP contribution in [0.25, 0.3) is 0 Å². The Bertz CT molecular complexity index is 1190. The van der Waals surface area contributed by atoms with Gasteiger partial charge in [0, 0.05) is 11.4 Å². The lowest BCUT2D eigenvalue weighted by atomic mass is 10.3. The number of rotatable bonds is 8. The predicted molar refractivity (Wildman–Crippen MR) is 145 cm³/mol. The van der Waals surface area contributed by atoms with Crippen LogP contribution in [0.4, 0.5) is 11.4 Å². The van der Waals surface area contributed by atoms with Gasteiger partial charge < -0.3 is 18.9 Å². The number of anilines is 2. The second kappa shape index (κ2) is 12.8. The predicted octanol–water partition coefficient (Wildman–Crippen LogP) is 8.76. The fourth-order valence-corrected chi connectivity index (χ4v) is 4.35. The number of nitrogens with one attached hydrogen (secondary N) is 1. The molecule has 180 valence electrons. The minimum Gasteiger partial charge on any atom is -0.386 e. The lowest BCUT2D eigenvalue weighted by molar-refractivity contribution is 0.298. The van der Waals surface area contributed by atoms with Gasteiger partial charge in [0.2, 0.25) is 0 Å². The summed E-state index contributed by atoms with van der Waals surface area (Å²) >= 11 is 0. The van der Waals surface area contributed by atoms with Crippen molar-refractivity contribution in [2.24, 2.45) is 0 Å².